The smallest absolute Gasteiger partial charge is 0.244 e. The van der Waals surface area contributed by atoms with Crippen molar-refractivity contribution in [2.24, 2.45) is 5.73 Å². The lowest BCUT2D eigenvalue weighted by Crippen LogP contribution is -2.56. The van der Waals surface area contributed by atoms with Gasteiger partial charge in [-0.25, -0.2) is 8.42 Å². The minimum Gasteiger partial charge on any atom is -0.391 e. The monoisotopic (exact) mass is 518 g/mol. The fourth-order valence-corrected chi connectivity index (χ4v) is 5.51. The van der Waals surface area contributed by atoms with Gasteiger partial charge in [-0.1, -0.05) is 30.3 Å². The molecule has 0 saturated carbocycles. The van der Waals surface area contributed by atoms with E-state index in [0.29, 0.717) is 45.3 Å². The number of guanidine groups is 1. The molecule has 0 aliphatic carbocycles. The first-order valence-electron chi connectivity index (χ1n) is 12.0. The predicted molar refractivity (Wildman–Crippen MR) is 137 cm³/mol. The average molecular weight is 519 g/mol. The first-order chi connectivity index (χ1) is 17.1. The van der Waals surface area contributed by atoms with E-state index in [1.54, 1.807) is 18.2 Å². The standard InChI is InChI=1S/C24H34N6O5S/c1-16(31)21(29-36(34,35)19-11-10-17-7-2-3-8-18(17)15-19)23(33)30-14-6-9-20(30)22(32)27-12-4-5-13-28-24(25)26/h2-3,7-8,10-11,15-16,20-21,29,31H,4-6,9,12-14H2,1H3,(H,27,32)(H4,25,26,28)/t16-,20+,21+/m1/s1. The van der Waals surface area contributed by atoms with E-state index in [1.165, 1.54) is 24.0 Å². The topological polar surface area (TPSA) is 178 Å². The van der Waals surface area contributed by atoms with Gasteiger partial charge in [-0.2, -0.15) is 4.72 Å². The summed E-state index contributed by atoms with van der Waals surface area (Å²) >= 11 is 0. The highest BCUT2D eigenvalue weighted by molar-refractivity contribution is 7.89. The van der Waals surface area contributed by atoms with Gasteiger partial charge in [0.1, 0.15) is 12.1 Å². The van der Waals surface area contributed by atoms with Crippen molar-refractivity contribution in [1.29, 1.82) is 5.41 Å². The number of nitrogens with zero attached hydrogens (tertiary/aromatic N) is 1. The molecular formula is C24H34N6O5S. The summed E-state index contributed by atoms with van der Waals surface area (Å²) in [4.78, 5) is 27.4. The molecule has 0 bridgehead atoms. The molecule has 0 radical (unpaired) electrons. The Kier molecular flexibility index (Phi) is 9.24. The van der Waals surface area contributed by atoms with E-state index < -0.39 is 34.1 Å². The summed E-state index contributed by atoms with van der Waals surface area (Å²) in [5.41, 5.74) is 5.23. The van der Waals surface area contributed by atoms with Crippen LogP contribution in [0.5, 0.6) is 0 Å². The van der Waals surface area contributed by atoms with E-state index in [-0.39, 0.29) is 16.8 Å². The number of sulfonamides is 1. The molecule has 2 aromatic rings. The number of hydrogen-bond donors (Lipinski definition) is 6. The van der Waals surface area contributed by atoms with Gasteiger partial charge in [0.05, 0.1) is 11.0 Å². The number of nitrogens with one attached hydrogen (secondary N) is 4. The third-order valence-electron chi connectivity index (χ3n) is 6.12. The summed E-state index contributed by atoms with van der Waals surface area (Å²) < 4.78 is 28.5. The molecule has 12 heteroatoms. The van der Waals surface area contributed by atoms with E-state index in [0.717, 1.165) is 10.8 Å². The molecule has 1 saturated heterocycles. The Labute approximate surface area is 211 Å². The first-order valence-corrected chi connectivity index (χ1v) is 13.4. The van der Waals surface area contributed by atoms with Crippen molar-refractivity contribution < 1.29 is 23.1 Å². The van der Waals surface area contributed by atoms with Crippen LogP contribution in [-0.4, -0.2) is 74.0 Å². The van der Waals surface area contributed by atoms with Gasteiger partial charge >= 0.3 is 0 Å². The summed E-state index contributed by atoms with van der Waals surface area (Å²) in [6.07, 6.45) is 1.09. The highest BCUT2D eigenvalue weighted by Crippen LogP contribution is 2.22. The first kappa shape index (κ1) is 27.4. The molecule has 7 N–H and O–H groups in total. The number of nitrogens with two attached hydrogens (primary N) is 1. The van der Waals surface area contributed by atoms with E-state index >= 15 is 0 Å². The van der Waals surface area contributed by atoms with Gasteiger partial charge in [-0.15, -0.1) is 0 Å². The van der Waals surface area contributed by atoms with Crippen LogP contribution in [0.4, 0.5) is 0 Å². The van der Waals surface area contributed by atoms with Gasteiger partial charge in [0.25, 0.3) is 0 Å². The van der Waals surface area contributed by atoms with Crippen LogP contribution in [0, 0.1) is 5.41 Å². The molecule has 1 heterocycles. The second-order valence-electron chi connectivity index (χ2n) is 8.88. The van der Waals surface area contributed by atoms with Crippen molar-refractivity contribution in [3.63, 3.8) is 0 Å². The molecule has 2 amide bonds. The zero-order valence-corrected chi connectivity index (χ0v) is 21.1. The van der Waals surface area contributed by atoms with Gasteiger partial charge < -0.3 is 26.4 Å². The molecule has 1 aliphatic rings. The molecule has 3 rings (SSSR count). The summed E-state index contributed by atoms with van der Waals surface area (Å²) in [6, 6.07) is 9.78. The van der Waals surface area contributed by atoms with Gasteiger partial charge in [0.15, 0.2) is 5.96 Å². The van der Waals surface area contributed by atoms with Gasteiger partial charge in [-0.05, 0) is 55.5 Å². The molecule has 1 aliphatic heterocycles. The largest absolute Gasteiger partial charge is 0.391 e. The molecule has 196 valence electrons. The number of hydrogen-bond acceptors (Lipinski definition) is 6. The lowest BCUT2D eigenvalue weighted by molar-refractivity contribution is -0.141. The Hall–Kier alpha value is -3.22. The minimum absolute atomic E-state index is 0.0189. The van der Waals surface area contributed by atoms with Crippen molar-refractivity contribution in [1.82, 2.24) is 20.3 Å². The Balaban J connectivity index is 1.65. The van der Waals surface area contributed by atoms with Crippen LogP contribution in [0.15, 0.2) is 47.4 Å². The Morgan fingerprint density at radius 1 is 1.14 bits per heavy atom. The average Bonchev–Trinajstić information content (AvgIpc) is 3.33. The predicted octanol–water partition coefficient (Wildman–Crippen LogP) is 0.238. The van der Waals surface area contributed by atoms with Crippen molar-refractivity contribution in [3.8, 4) is 0 Å². The zero-order chi connectivity index (χ0) is 26.3. The third kappa shape index (κ3) is 6.93. The van der Waals surface area contributed by atoms with E-state index in [4.69, 9.17) is 11.1 Å². The van der Waals surface area contributed by atoms with Crippen LogP contribution >= 0.6 is 0 Å². The quantitative estimate of drug-likeness (QED) is 0.140. The maximum atomic E-state index is 13.3. The molecule has 11 nitrogen and oxygen atoms in total. The second kappa shape index (κ2) is 12.2. The third-order valence-corrected chi connectivity index (χ3v) is 7.56. The summed E-state index contributed by atoms with van der Waals surface area (Å²) in [6.45, 7) is 2.55. The Bertz CT molecular complexity index is 1200. The lowest BCUT2D eigenvalue weighted by Gasteiger charge is -2.30. The number of fused-ring (bicyclic) bond motifs is 1. The maximum absolute atomic E-state index is 13.3. The van der Waals surface area contributed by atoms with Crippen LogP contribution in [0.3, 0.4) is 0 Å². The van der Waals surface area contributed by atoms with Gasteiger partial charge in [-0.3, -0.25) is 15.0 Å². The minimum atomic E-state index is -4.13. The van der Waals surface area contributed by atoms with Crippen molar-refractivity contribution in [2.45, 2.75) is 55.7 Å². The van der Waals surface area contributed by atoms with Crippen LogP contribution in [0.1, 0.15) is 32.6 Å². The van der Waals surface area contributed by atoms with Crippen molar-refractivity contribution in [2.75, 3.05) is 19.6 Å². The normalized spacial score (nSPS) is 17.5. The van der Waals surface area contributed by atoms with Crippen LogP contribution in [0.25, 0.3) is 10.8 Å². The molecule has 0 unspecified atom stereocenters. The van der Waals surface area contributed by atoms with E-state index in [1.807, 2.05) is 12.1 Å². The summed E-state index contributed by atoms with van der Waals surface area (Å²) in [7, 11) is -4.13. The lowest BCUT2D eigenvalue weighted by atomic mass is 10.1. The molecule has 1 fully saturated rings. The highest BCUT2D eigenvalue weighted by Gasteiger charge is 2.40. The number of aliphatic hydroxyl groups excluding tert-OH is 1. The maximum Gasteiger partial charge on any atom is 0.244 e. The number of aliphatic hydroxyl groups is 1. The molecule has 2 aromatic carbocycles. The number of carbonyl (C=O) groups excluding carboxylic acids is 2. The number of carbonyl (C=O) groups is 2. The fourth-order valence-electron chi connectivity index (χ4n) is 4.21. The summed E-state index contributed by atoms with van der Waals surface area (Å²) in [5, 5.41) is 24.5. The highest BCUT2D eigenvalue weighted by atomic mass is 32.2. The number of rotatable bonds is 11. The van der Waals surface area contributed by atoms with Crippen molar-refractivity contribution >= 4 is 38.6 Å². The Morgan fingerprint density at radius 2 is 1.81 bits per heavy atom. The molecule has 0 spiro atoms. The SMILES string of the molecule is C[C@@H](O)[C@H](NS(=O)(=O)c1ccc2ccccc2c1)C(=O)N1CCC[C@H]1C(=O)NCCCCNC(=N)N. The Morgan fingerprint density at radius 3 is 2.47 bits per heavy atom. The number of amides is 2. The van der Waals surface area contributed by atoms with Gasteiger partial charge in [0.2, 0.25) is 21.8 Å². The van der Waals surface area contributed by atoms with Crippen LogP contribution in [-0.2, 0) is 19.6 Å². The second-order valence-corrected chi connectivity index (χ2v) is 10.6. The van der Waals surface area contributed by atoms with E-state index in [2.05, 4.69) is 15.4 Å². The zero-order valence-electron chi connectivity index (χ0n) is 20.2. The number of unbranched alkanes of at least 4 members (excludes halogenated alkanes) is 1. The molecule has 0 aromatic heterocycles. The van der Waals surface area contributed by atoms with Crippen molar-refractivity contribution in [3.05, 3.63) is 42.5 Å². The van der Waals surface area contributed by atoms with E-state index in [9.17, 15) is 23.1 Å². The van der Waals surface area contributed by atoms with Crippen LogP contribution in [0.2, 0.25) is 0 Å². The summed E-state index contributed by atoms with van der Waals surface area (Å²) in [5.74, 6) is -1.07. The fraction of sp³-hybridized carbons (Fsp3) is 0.458. The van der Waals surface area contributed by atoms with Crippen LogP contribution < -0.4 is 21.1 Å². The van der Waals surface area contributed by atoms with Gasteiger partial charge in [0, 0.05) is 19.6 Å². The molecule has 36 heavy (non-hydrogen) atoms. The number of likely N-dealkylation sites (tertiary alicyclic amines) is 1. The number of benzene rings is 2. The molecular weight excluding hydrogens is 484 g/mol. The molecule has 3 atom stereocenters.